The highest BCUT2D eigenvalue weighted by Crippen LogP contribution is 2.39. The molecule has 10 heteroatoms. The van der Waals surface area contributed by atoms with Crippen LogP contribution in [-0.2, 0) is 13.2 Å². The molecule has 0 aliphatic carbocycles. The number of hydrogen-bond donors (Lipinski definition) is 2. The van der Waals surface area contributed by atoms with Gasteiger partial charge < -0.3 is 15.4 Å². The van der Waals surface area contributed by atoms with Crippen LogP contribution in [0.1, 0.15) is 11.3 Å². The summed E-state index contributed by atoms with van der Waals surface area (Å²) in [6.45, 7) is 1.35. The van der Waals surface area contributed by atoms with Gasteiger partial charge in [0.2, 0.25) is 0 Å². The molecule has 30 heavy (non-hydrogen) atoms. The predicted octanol–water partition coefficient (Wildman–Crippen LogP) is 5.72. The summed E-state index contributed by atoms with van der Waals surface area (Å²) in [6.07, 6.45) is -4.58. The molecule has 0 bridgehead atoms. The number of nitrogens with zero attached hydrogens (tertiary/aromatic N) is 2. The zero-order valence-corrected chi connectivity index (χ0v) is 17.0. The third-order valence-corrected chi connectivity index (χ3v) is 4.62. The summed E-state index contributed by atoms with van der Waals surface area (Å²) in [5.74, 6) is 0.346. The number of methoxy groups -OCH3 is 1. The number of nitrogens with one attached hydrogen (secondary N) is 2. The highest BCUT2D eigenvalue weighted by molar-refractivity contribution is 6.30. The molecule has 2 amide bonds. The Morgan fingerprint density at radius 2 is 1.70 bits per heavy atom. The minimum Gasteiger partial charge on any atom is -0.496 e. The van der Waals surface area contributed by atoms with E-state index in [2.05, 4.69) is 15.7 Å². The summed E-state index contributed by atoms with van der Waals surface area (Å²) >= 11 is 5.82. The number of carbonyl (C=O) groups is 1. The number of aryl methyl sites for hydroxylation is 1. The van der Waals surface area contributed by atoms with Crippen LogP contribution in [0, 0.1) is 6.92 Å². The number of benzene rings is 2. The van der Waals surface area contributed by atoms with E-state index < -0.39 is 17.9 Å². The number of aromatic nitrogens is 2. The third-order valence-electron chi connectivity index (χ3n) is 4.37. The maximum Gasteiger partial charge on any atom is 0.435 e. The molecule has 158 valence electrons. The van der Waals surface area contributed by atoms with E-state index in [1.807, 2.05) is 0 Å². The minimum atomic E-state index is -4.58. The van der Waals surface area contributed by atoms with Gasteiger partial charge in [-0.1, -0.05) is 11.6 Å². The van der Waals surface area contributed by atoms with E-state index >= 15 is 0 Å². The highest BCUT2D eigenvalue weighted by atomic mass is 35.5. The monoisotopic (exact) mass is 438 g/mol. The van der Waals surface area contributed by atoms with Crippen molar-refractivity contribution >= 4 is 29.0 Å². The van der Waals surface area contributed by atoms with E-state index in [0.717, 1.165) is 4.68 Å². The van der Waals surface area contributed by atoms with Crippen LogP contribution in [-0.4, -0.2) is 22.9 Å². The fraction of sp³-hybridized carbons (Fsp3) is 0.200. The van der Waals surface area contributed by atoms with E-state index in [0.29, 0.717) is 27.7 Å². The predicted molar refractivity (Wildman–Crippen MR) is 109 cm³/mol. The Hall–Kier alpha value is -3.20. The van der Waals surface area contributed by atoms with Crippen molar-refractivity contribution in [3.8, 4) is 17.0 Å². The van der Waals surface area contributed by atoms with Crippen molar-refractivity contribution in [1.82, 2.24) is 9.78 Å². The maximum atomic E-state index is 13.2. The standard InChI is InChI=1S/C20H18ClF3N4O2/c1-11-17(28(2)27-18(11)20(22,23)24)15-10-14(8-9-16(15)30-3)26-19(29)25-13-6-4-12(21)5-7-13/h4-10H,1-3H3,(H2,25,26,29). The first-order valence-electron chi connectivity index (χ1n) is 8.73. The van der Waals surface area contributed by atoms with Gasteiger partial charge >= 0.3 is 12.2 Å². The number of carbonyl (C=O) groups excluding carboxylic acids is 1. The minimum absolute atomic E-state index is 0.0361. The largest absolute Gasteiger partial charge is 0.496 e. The first kappa shape index (κ1) is 21.5. The van der Waals surface area contributed by atoms with Gasteiger partial charge in [-0.05, 0) is 49.4 Å². The second-order valence-corrected chi connectivity index (χ2v) is 6.88. The van der Waals surface area contributed by atoms with Crippen LogP contribution in [0.4, 0.5) is 29.3 Å². The van der Waals surface area contributed by atoms with Crippen molar-refractivity contribution in [3.63, 3.8) is 0 Å². The quantitative estimate of drug-likeness (QED) is 0.547. The molecule has 0 unspecified atom stereocenters. The van der Waals surface area contributed by atoms with Gasteiger partial charge in [-0.25, -0.2) is 4.79 Å². The Morgan fingerprint density at radius 3 is 2.27 bits per heavy atom. The lowest BCUT2D eigenvalue weighted by Gasteiger charge is -2.13. The lowest BCUT2D eigenvalue weighted by molar-refractivity contribution is -0.141. The molecule has 3 aromatic rings. The van der Waals surface area contributed by atoms with Gasteiger partial charge in [0, 0.05) is 34.6 Å². The van der Waals surface area contributed by atoms with Crippen molar-refractivity contribution in [1.29, 1.82) is 0 Å². The van der Waals surface area contributed by atoms with Gasteiger partial charge in [0.1, 0.15) is 5.75 Å². The smallest absolute Gasteiger partial charge is 0.435 e. The topological polar surface area (TPSA) is 68.2 Å². The van der Waals surface area contributed by atoms with Crippen LogP contribution in [0.15, 0.2) is 42.5 Å². The summed E-state index contributed by atoms with van der Waals surface area (Å²) in [6, 6.07) is 10.7. The fourth-order valence-electron chi connectivity index (χ4n) is 3.07. The molecule has 0 aliphatic rings. The lowest BCUT2D eigenvalue weighted by Crippen LogP contribution is -2.19. The third kappa shape index (κ3) is 4.51. The van der Waals surface area contributed by atoms with E-state index in [4.69, 9.17) is 16.3 Å². The first-order chi connectivity index (χ1) is 14.1. The van der Waals surface area contributed by atoms with Crippen LogP contribution < -0.4 is 15.4 Å². The van der Waals surface area contributed by atoms with Crippen molar-refractivity contribution in [2.75, 3.05) is 17.7 Å². The number of alkyl halides is 3. The summed E-state index contributed by atoms with van der Waals surface area (Å²) in [4.78, 5) is 12.3. The first-order valence-corrected chi connectivity index (χ1v) is 9.10. The van der Waals surface area contributed by atoms with Gasteiger partial charge in [-0.2, -0.15) is 18.3 Å². The van der Waals surface area contributed by atoms with Gasteiger partial charge in [-0.15, -0.1) is 0 Å². The van der Waals surface area contributed by atoms with Gasteiger partial charge in [0.05, 0.1) is 12.8 Å². The molecule has 1 aromatic heterocycles. The van der Waals surface area contributed by atoms with Crippen LogP contribution in [0.25, 0.3) is 11.3 Å². The van der Waals surface area contributed by atoms with Gasteiger partial charge in [0.25, 0.3) is 0 Å². The summed E-state index contributed by atoms with van der Waals surface area (Å²) in [5.41, 5.74) is 0.493. The van der Waals surface area contributed by atoms with Gasteiger partial charge in [0.15, 0.2) is 5.69 Å². The Bertz CT molecular complexity index is 1080. The van der Waals surface area contributed by atoms with Crippen molar-refractivity contribution < 1.29 is 22.7 Å². The van der Waals surface area contributed by atoms with E-state index in [9.17, 15) is 18.0 Å². The molecule has 0 aliphatic heterocycles. The zero-order valence-electron chi connectivity index (χ0n) is 16.3. The summed E-state index contributed by atoms with van der Waals surface area (Å²) in [5, 5.41) is 9.44. The lowest BCUT2D eigenvalue weighted by atomic mass is 10.0. The SMILES string of the molecule is COc1ccc(NC(=O)Nc2ccc(Cl)cc2)cc1-c1c(C)c(C(F)(F)F)nn1C. The van der Waals surface area contributed by atoms with E-state index in [1.165, 1.54) is 27.1 Å². The molecule has 0 radical (unpaired) electrons. The van der Waals surface area contributed by atoms with Crippen LogP contribution in [0.2, 0.25) is 5.02 Å². The molecule has 1 heterocycles. The molecule has 3 rings (SSSR count). The Labute approximate surface area is 175 Å². The molecule has 0 spiro atoms. The van der Waals surface area contributed by atoms with Crippen molar-refractivity contribution in [2.45, 2.75) is 13.1 Å². The van der Waals surface area contributed by atoms with Crippen molar-refractivity contribution in [3.05, 3.63) is 58.7 Å². The number of urea groups is 1. The number of amides is 2. The Morgan fingerprint density at radius 1 is 1.10 bits per heavy atom. The molecular weight excluding hydrogens is 421 g/mol. The molecule has 2 aromatic carbocycles. The average Bonchev–Trinajstić information content (AvgIpc) is 2.98. The van der Waals surface area contributed by atoms with Gasteiger partial charge in [-0.3, -0.25) is 4.68 Å². The van der Waals surface area contributed by atoms with Crippen molar-refractivity contribution in [2.24, 2.45) is 7.05 Å². The fourth-order valence-corrected chi connectivity index (χ4v) is 3.20. The molecule has 0 saturated carbocycles. The van der Waals surface area contributed by atoms with E-state index in [1.54, 1.807) is 36.4 Å². The van der Waals surface area contributed by atoms with E-state index in [-0.39, 0.29) is 11.3 Å². The second-order valence-electron chi connectivity index (χ2n) is 6.44. The normalized spacial score (nSPS) is 11.3. The zero-order chi connectivity index (χ0) is 22.1. The molecule has 0 saturated heterocycles. The number of ether oxygens (including phenoxy) is 1. The van der Waals surface area contributed by atoms with Crippen LogP contribution >= 0.6 is 11.6 Å². The molecule has 6 nitrogen and oxygen atoms in total. The maximum absolute atomic E-state index is 13.2. The number of anilines is 2. The molecule has 0 fully saturated rings. The number of rotatable bonds is 4. The second kappa shape index (κ2) is 8.27. The summed E-state index contributed by atoms with van der Waals surface area (Å²) < 4.78 is 46.2. The molecule has 2 N–H and O–H groups in total. The van der Waals surface area contributed by atoms with Crippen LogP contribution in [0.5, 0.6) is 5.75 Å². The average molecular weight is 439 g/mol. The Balaban J connectivity index is 1.92. The molecule has 0 atom stereocenters. The molecular formula is C20H18ClF3N4O2. The van der Waals surface area contributed by atoms with Crippen LogP contribution in [0.3, 0.4) is 0 Å². The Kier molecular flexibility index (Phi) is 5.93. The highest BCUT2D eigenvalue weighted by Gasteiger charge is 2.38. The number of hydrogen-bond acceptors (Lipinski definition) is 3. The number of halogens is 4. The summed E-state index contributed by atoms with van der Waals surface area (Å²) in [7, 11) is 2.83.